The minimum Gasteiger partial charge on any atom is -0.460 e. The second kappa shape index (κ2) is 7.05. The number of anilines is 2. The molecule has 2 aliphatic rings. The molecule has 1 amide bonds. The van der Waals surface area contributed by atoms with Gasteiger partial charge in [-0.25, -0.2) is 19.8 Å². The van der Waals surface area contributed by atoms with Crippen LogP contribution in [0.2, 0.25) is 5.02 Å². The van der Waals surface area contributed by atoms with E-state index in [1.54, 1.807) is 55.4 Å². The van der Waals surface area contributed by atoms with Gasteiger partial charge in [0.1, 0.15) is 0 Å². The fourth-order valence-corrected chi connectivity index (χ4v) is 3.31. The first-order chi connectivity index (χ1) is 13.5. The van der Waals surface area contributed by atoms with E-state index in [9.17, 15) is 9.59 Å². The molecule has 0 saturated heterocycles. The second-order valence-corrected chi connectivity index (χ2v) is 6.64. The lowest BCUT2D eigenvalue weighted by Gasteiger charge is -2.34. The van der Waals surface area contributed by atoms with Crippen molar-refractivity contribution in [2.75, 3.05) is 24.0 Å². The molecule has 1 N–H and O–H groups in total. The zero-order valence-electron chi connectivity index (χ0n) is 15.3. The molecule has 0 saturated carbocycles. The highest BCUT2D eigenvalue weighted by Crippen LogP contribution is 2.32. The zero-order chi connectivity index (χ0) is 19.8. The molecule has 4 rings (SSSR count). The van der Waals surface area contributed by atoms with E-state index in [0.717, 1.165) is 0 Å². The Labute approximate surface area is 166 Å². The molecule has 0 aliphatic carbocycles. The first kappa shape index (κ1) is 18.1. The summed E-state index contributed by atoms with van der Waals surface area (Å²) in [4.78, 5) is 25.6. The molecule has 9 heteroatoms. The number of hydrogen-bond donors (Lipinski definition) is 1. The van der Waals surface area contributed by atoms with Crippen LogP contribution < -0.4 is 10.3 Å². The smallest absolute Gasteiger partial charge is 0.377 e. The fourth-order valence-electron chi connectivity index (χ4n) is 3.18. The number of fused-ring (bicyclic) bond motifs is 2. The zero-order valence-corrected chi connectivity index (χ0v) is 16.1. The van der Waals surface area contributed by atoms with Crippen LogP contribution in [0.1, 0.15) is 17.3 Å². The molecular formula is C19H18ClN5O3. The Kier molecular flexibility index (Phi) is 4.56. The van der Waals surface area contributed by atoms with Gasteiger partial charge < -0.3 is 10.1 Å². The van der Waals surface area contributed by atoms with Crippen LogP contribution in [0, 0.1) is 0 Å². The van der Waals surface area contributed by atoms with Crippen LogP contribution in [0.5, 0.6) is 0 Å². The van der Waals surface area contributed by atoms with E-state index in [4.69, 9.17) is 16.3 Å². The van der Waals surface area contributed by atoms with Crippen molar-refractivity contribution < 1.29 is 14.3 Å². The number of hydrazine groups is 1. The van der Waals surface area contributed by atoms with Gasteiger partial charge in [-0.05, 0) is 43.3 Å². The summed E-state index contributed by atoms with van der Waals surface area (Å²) in [6.07, 6.45) is -0.641. The van der Waals surface area contributed by atoms with Crippen LogP contribution in [0.25, 0.3) is 0 Å². The third-order valence-corrected chi connectivity index (χ3v) is 4.74. The van der Waals surface area contributed by atoms with E-state index in [-0.39, 0.29) is 18.3 Å². The molecule has 2 heterocycles. The van der Waals surface area contributed by atoms with Crippen molar-refractivity contribution >= 4 is 40.7 Å². The summed E-state index contributed by atoms with van der Waals surface area (Å²) in [7, 11) is 1.60. The van der Waals surface area contributed by atoms with Crippen molar-refractivity contribution in [1.82, 2.24) is 10.0 Å². The molecule has 2 aliphatic heterocycles. The number of benzene rings is 2. The molecule has 0 bridgehead atoms. The predicted molar refractivity (Wildman–Crippen MR) is 106 cm³/mol. The lowest BCUT2D eigenvalue weighted by molar-refractivity contribution is -0.136. The van der Waals surface area contributed by atoms with Crippen LogP contribution >= 0.6 is 11.6 Å². The number of esters is 1. The molecule has 144 valence electrons. The molecule has 8 nitrogen and oxygen atoms in total. The van der Waals surface area contributed by atoms with E-state index in [2.05, 4.69) is 10.4 Å². The normalized spacial score (nSPS) is 18.1. The maximum Gasteiger partial charge on any atom is 0.377 e. The number of amides is 1. The van der Waals surface area contributed by atoms with Crippen molar-refractivity contribution in [2.45, 2.75) is 13.2 Å². The maximum atomic E-state index is 13.0. The number of amidine groups is 1. The van der Waals surface area contributed by atoms with Crippen LogP contribution in [0.15, 0.2) is 53.6 Å². The first-order valence-corrected chi connectivity index (χ1v) is 9.12. The summed E-state index contributed by atoms with van der Waals surface area (Å²) in [6.45, 7) is 1.91. The Morgan fingerprint density at radius 3 is 2.64 bits per heavy atom. The molecule has 0 radical (unpaired) electrons. The van der Waals surface area contributed by atoms with Gasteiger partial charge in [-0.2, -0.15) is 0 Å². The molecule has 0 unspecified atom stereocenters. The summed E-state index contributed by atoms with van der Waals surface area (Å²) in [5, 5.41) is 12.8. The van der Waals surface area contributed by atoms with E-state index >= 15 is 0 Å². The number of halogens is 1. The van der Waals surface area contributed by atoms with Crippen molar-refractivity contribution in [1.29, 1.82) is 0 Å². The van der Waals surface area contributed by atoms with Gasteiger partial charge in [0, 0.05) is 12.1 Å². The SMILES string of the molecule is CCOC(=O)C1=NN(c2ccc(Cl)cc2)[C@@H]2Nc3ccccc3C(=O)N(C)N12. The molecule has 0 fully saturated rings. The second-order valence-electron chi connectivity index (χ2n) is 6.20. The number of ether oxygens (including phenoxy) is 1. The summed E-state index contributed by atoms with van der Waals surface area (Å²) >= 11 is 6.00. The molecule has 28 heavy (non-hydrogen) atoms. The minimum absolute atomic E-state index is 0.0120. The minimum atomic E-state index is -0.641. The predicted octanol–water partition coefficient (Wildman–Crippen LogP) is 2.73. The van der Waals surface area contributed by atoms with Gasteiger partial charge >= 0.3 is 5.97 Å². The number of hydrogen-bond acceptors (Lipinski definition) is 7. The lowest BCUT2D eigenvalue weighted by Crippen LogP contribution is -2.56. The number of para-hydroxylation sites is 1. The van der Waals surface area contributed by atoms with Crippen LogP contribution in [-0.2, 0) is 9.53 Å². The van der Waals surface area contributed by atoms with Crippen LogP contribution in [-0.4, -0.2) is 47.7 Å². The molecule has 0 aromatic heterocycles. The van der Waals surface area contributed by atoms with Gasteiger partial charge in [0.2, 0.25) is 6.29 Å². The third kappa shape index (κ3) is 2.91. The highest BCUT2D eigenvalue weighted by Gasteiger charge is 2.45. The number of nitrogens with zero attached hydrogens (tertiary/aromatic N) is 4. The standard InChI is InChI=1S/C19H18ClN5O3/c1-3-28-18(27)16-22-24(13-10-8-12(20)9-11-13)19-21-15-7-5-4-6-14(15)17(26)23(2)25(16)19/h4-11,19,21H,3H2,1-2H3/t19-/m0/s1. The van der Waals surface area contributed by atoms with Crippen LogP contribution in [0.3, 0.4) is 0 Å². The number of carbonyl (C=O) groups is 2. The monoisotopic (exact) mass is 399 g/mol. The first-order valence-electron chi connectivity index (χ1n) is 8.74. The van der Waals surface area contributed by atoms with Crippen LogP contribution in [0.4, 0.5) is 11.4 Å². The molecule has 1 atom stereocenters. The lowest BCUT2D eigenvalue weighted by atomic mass is 10.1. The maximum absolute atomic E-state index is 13.0. The van der Waals surface area contributed by atoms with Gasteiger partial charge in [0.25, 0.3) is 11.7 Å². The van der Waals surface area contributed by atoms with Crippen molar-refractivity contribution in [3.8, 4) is 0 Å². The molecule has 0 spiro atoms. The Hall–Kier alpha value is -3.26. The molecule has 2 aromatic rings. The Bertz CT molecular complexity index is 962. The van der Waals surface area contributed by atoms with Gasteiger partial charge in [-0.15, -0.1) is 5.10 Å². The van der Waals surface area contributed by atoms with E-state index < -0.39 is 12.3 Å². The van der Waals surface area contributed by atoms with E-state index in [1.165, 1.54) is 10.0 Å². The average molecular weight is 400 g/mol. The van der Waals surface area contributed by atoms with E-state index in [1.807, 2.05) is 12.1 Å². The Balaban J connectivity index is 1.82. The summed E-state index contributed by atoms with van der Waals surface area (Å²) < 4.78 is 5.15. The Morgan fingerprint density at radius 1 is 1.21 bits per heavy atom. The van der Waals surface area contributed by atoms with Crippen molar-refractivity contribution in [3.05, 3.63) is 59.1 Å². The van der Waals surface area contributed by atoms with Gasteiger partial charge in [0.15, 0.2) is 0 Å². The van der Waals surface area contributed by atoms with Gasteiger partial charge in [-0.1, -0.05) is 23.7 Å². The fraction of sp³-hybridized carbons (Fsp3) is 0.211. The largest absolute Gasteiger partial charge is 0.460 e. The number of rotatable bonds is 3. The quantitative estimate of drug-likeness (QED) is 0.800. The summed E-state index contributed by atoms with van der Waals surface area (Å²) in [5.41, 5.74) is 1.84. The van der Waals surface area contributed by atoms with Gasteiger partial charge in [-0.3, -0.25) is 4.79 Å². The summed E-state index contributed by atoms with van der Waals surface area (Å²) in [5.74, 6) is -0.866. The highest BCUT2D eigenvalue weighted by molar-refractivity contribution is 6.36. The average Bonchev–Trinajstić information content (AvgIpc) is 3.02. The number of carbonyl (C=O) groups excluding carboxylic acids is 2. The number of nitrogens with one attached hydrogen (secondary N) is 1. The highest BCUT2D eigenvalue weighted by atomic mass is 35.5. The topological polar surface area (TPSA) is 77.5 Å². The number of hydrazone groups is 1. The molecule has 2 aromatic carbocycles. The Morgan fingerprint density at radius 2 is 1.93 bits per heavy atom. The third-order valence-electron chi connectivity index (χ3n) is 4.49. The van der Waals surface area contributed by atoms with Crippen molar-refractivity contribution in [2.24, 2.45) is 5.10 Å². The molecular weight excluding hydrogens is 382 g/mol. The van der Waals surface area contributed by atoms with E-state index in [0.29, 0.717) is 22.0 Å². The van der Waals surface area contributed by atoms with Gasteiger partial charge in [0.05, 0.1) is 23.5 Å². The summed E-state index contributed by atoms with van der Waals surface area (Å²) in [6, 6.07) is 14.2. The van der Waals surface area contributed by atoms with Crippen molar-refractivity contribution in [3.63, 3.8) is 0 Å².